The van der Waals surface area contributed by atoms with Crippen molar-refractivity contribution in [3.8, 4) is 0 Å². The first-order valence-corrected chi connectivity index (χ1v) is 10.5. The van der Waals surface area contributed by atoms with Crippen LogP contribution in [0.3, 0.4) is 0 Å². The van der Waals surface area contributed by atoms with Crippen LogP contribution < -0.4 is 10.2 Å². The summed E-state index contributed by atoms with van der Waals surface area (Å²) >= 11 is 0. The van der Waals surface area contributed by atoms with Gasteiger partial charge in [-0.05, 0) is 32.4 Å². The number of para-hydroxylation sites is 1. The number of benzene rings is 1. The van der Waals surface area contributed by atoms with Gasteiger partial charge in [0.2, 0.25) is 0 Å². The van der Waals surface area contributed by atoms with E-state index in [0.717, 1.165) is 0 Å². The highest BCUT2D eigenvalue weighted by molar-refractivity contribution is 7.91. The Kier molecular flexibility index (Phi) is 5.41. The Balaban J connectivity index is 1.87. The van der Waals surface area contributed by atoms with Crippen molar-refractivity contribution in [1.29, 1.82) is 0 Å². The molecule has 1 aliphatic heterocycles. The minimum atomic E-state index is -3.05. The van der Waals surface area contributed by atoms with Crippen LogP contribution in [0.2, 0.25) is 0 Å². The zero-order chi connectivity index (χ0) is 19.6. The van der Waals surface area contributed by atoms with Gasteiger partial charge in [0.25, 0.3) is 5.91 Å². The fourth-order valence-electron chi connectivity index (χ4n) is 3.19. The normalized spacial score (nSPS) is 18.3. The fourth-order valence-corrected chi connectivity index (χ4v) is 4.92. The number of hydrogen-bond acceptors (Lipinski definition) is 6. The van der Waals surface area contributed by atoms with E-state index < -0.39 is 21.6 Å². The van der Waals surface area contributed by atoms with E-state index in [-0.39, 0.29) is 28.9 Å². The molecule has 0 aliphatic carbocycles. The van der Waals surface area contributed by atoms with Gasteiger partial charge in [-0.25, -0.2) is 22.8 Å². The Hall–Kier alpha value is -2.55. The van der Waals surface area contributed by atoms with E-state index in [4.69, 9.17) is 0 Å². The molecule has 1 amide bonds. The SMILES string of the molecule is CCN(c1cc(C(=O)Nc2ccccc2F)nc(C)n1)C1CCS(=O)(=O)C1. The minimum absolute atomic E-state index is 0.0644. The molecular weight excluding hydrogens is 371 g/mol. The number of rotatable bonds is 5. The maximum atomic E-state index is 13.8. The Labute approximate surface area is 157 Å². The van der Waals surface area contributed by atoms with Gasteiger partial charge in [-0.2, -0.15) is 0 Å². The van der Waals surface area contributed by atoms with Crippen molar-refractivity contribution in [3.63, 3.8) is 0 Å². The average Bonchev–Trinajstić information content (AvgIpc) is 2.96. The van der Waals surface area contributed by atoms with Gasteiger partial charge in [0.15, 0.2) is 9.84 Å². The maximum absolute atomic E-state index is 13.8. The fraction of sp³-hybridized carbons (Fsp3) is 0.389. The molecule has 2 heterocycles. The van der Waals surface area contributed by atoms with E-state index in [9.17, 15) is 17.6 Å². The van der Waals surface area contributed by atoms with Crippen molar-refractivity contribution in [2.45, 2.75) is 26.3 Å². The van der Waals surface area contributed by atoms with Gasteiger partial charge < -0.3 is 10.2 Å². The zero-order valence-electron chi connectivity index (χ0n) is 15.1. The lowest BCUT2D eigenvalue weighted by Crippen LogP contribution is -2.37. The third-order valence-electron chi connectivity index (χ3n) is 4.46. The molecule has 1 aromatic heterocycles. The lowest BCUT2D eigenvalue weighted by atomic mass is 10.2. The van der Waals surface area contributed by atoms with Crippen molar-refractivity contribution in [1.82, 2.24) is 9.97 Å². The molecule has 0 spiro atoms. The summed E-state index contributed by atoms with van der Waals surface area (Å²) in [6, 6.07) is 7.20. The molecule has 0 saturated carbocycles. The smallest absolute Gasteiger partial charge is 0.274 e. The second-order valence-electron chi connectivity index (χ2n) is 6.44. The number of anilines is 2. The number of nitrogens with zero attached hydrogens (tertiary/aromatic N) is 3. The minimum Gasteiger partial charge on any atom is -0.353 e. The molecule has 1 aliphatic rings. The summed E-state index contributed by atoms with van der Waals surface area (Å²) in [6.45, 7) is 4.11. The molecule has 3 rings (SSSR count). The molecule has 1 N–H and O–H groups in total. The number of hydrogen-bond donors (Lipinski definition) is 1. The summed E-state index contributed by atoms with van der Waals surface area (Å²) in [6.07, 6.45) is 0.524. The van der Waals surface area contributed by atoms with Crippen LogP contribution in [-0.4, -0.2) is 48.4 Å². The van der Waals surface area contributed by atoms with Crippen molar-refractivity contribution < 1.29 is 17.6 Å². The number of sulfone groups is 1. The van der Waals surface area contributed by atoms with Gasteiger partial charge in [0, 0.05) is 18.7 Å². The topological polar surface area (TPSA) is 92.3 Å². The molecule has 1 atom stereocenters. The maximum Gasteiger partial charge on any atom is 0.274 e. The molecule has 27 heavy (non-hydrogen) atoms. The summed E-state index contributed by atoms with van der Waals surface area (Å²) < 4.78 is 37.4. The van der Waals surface area contributed by atoms with Gasteiger partial charge in [-0.15, -0.1) is 0 Å². The van der Waals surface area contributed by atoms with Crippen LogP contribution >= 0.6 is 0 Å². The average molecular weight is 392 g/mol. The lowest BCUT2D eigenvalue weighted by Gasteiger charge is -2.28. The first kappa shape index (κ1) is 19.2. The number of halogens is 1. The van der Waals surface area contributed by atoms with Crippen LogP contribution in [-0.2, 0) is 9.84 Å². The van der Waals surface area contributed by atoms with Crippen molar-refractivity contribution >= 4 is 27.2 Å². The van der Waals surface area contributed by atoms with Crippen LogP contribution in [0.5, 0.6) is 0 Å². The first-order chi connectivity index (χ1) is 12.8. The van der Waals surface area contributed by atoms with Gasteiger partial charge in [-0.3, -0.25) is 4.79 Å². The van der Waals surface area contributed by atoms with Crippen LogP contribution in [0.15, 0.2) is 30.3 Å². The molecular formula is C18H21FN4O3S. The van der Waals surface area contributed by atoms with E-state index in [1.165, 1.54) is 24.3 Å². The monoisotopic (exact) mass is 392 g/mol. The highest BCUT2D eigenvalue weighted by Crippen LogP contribution is 2.24. The zero-order valence-corrected chi connectivity index (χ0v) is 16.0. The summed E-state index contributed by atoms with van der Waals surface area (Å²) in [5, 5.41) is 2.50. The number of aryl methyl sites for hydroxylation is 1. The van der Waals surface area contributed by atoms with Gasteiger partial charge >= 0.3 is 0 Å². The molecule has 2 aromatic rings. The molecule has 0 bridgehead atoms. The second-order valence-corrected chi connectivity index (χ2v) is 8.66. The number of carbonyl (C=O) groups excluding carboxylic acids is 1. The van der Waals surface area contributed by atoms with Gasteiger partial charge in [0.05, 0.1) is 17.2 Å². The summed E-state index contributed by atoms with van der Waals surface area (Å²) in [4.78, 5) is 22.9. The van der Waals surface area contributed by atoms with Crippen molar-refractivity contribution in [2.24, 2.45) is 0 Å². The molecule has 1 aromatic carbocycles. The van der Waals surface area contributed by atoms with E-state index >= 15 is 0 Å². The molecule has 1 fully saturated rings. The van der Waals surface area contributed by atoms with Crippen molar-refractivity contribution in [3.05, 3.63) is 47.7 Å². The van der Waals surface area contributed by atoms with Crippen LogP contribution in [0, 0.1) is 12.7 Å². The lowest BCUT2D eigenvalue weighted by molar-refractivity contribution is 0.102. The van der Waals surface area contributed by atoms with Crippen LogP contribution in [0.4, 0.5) is 15.9 Å². The Bertz CT molecular complexity index is 965. The Morgan fingerprint density at radius 2 is 2.07 bits per heavy atom. The highest BCUT2D eigenvalue weighted by atomic mass is 32.2. The third kappa shape index (κ3) is 4.41. The number of carbonyl (C=O) groups is 1. The first-order valence-electron chi connectivity index (χ1n) is 8.67. The Morgan fingerprint density at radius 3 is 2.70 bits per heavy atom. The van der Waals surface area contributed by atoms with Crippen LogP contribution in [0.1, 0.15) is 29.7 Å². The molecule has 1 saturated heterocycles. The molecule has 0 radical (unpaired) electrons. The molecule has 144 valence electrons. The quantitative estimate of drug-likeness (QED) is 0.839. The standard InChI is InChI=1S/C18H21FN4O3S/c1-3-23(13-8-9-27(25,26)11-13)17-10-16(20-12(2)21-17)18(24)22-15-7-5-4-6-14(15)19/h4-7,10,13H,3,8-9,11H2,1-2H3,(H,22,24). The largest absolute Gasteiger partial charge is 0.353 e. The predicted molar refractivity (Wildman–Crippen MR) is 101 cm³/mol. The summed E-state index contributed by atoms with van der Waals surface area (Å²) in [5.74, 6) is 0.000822. The predicted octanol–water partition coefficient (Wildman–Crippen LogP) is 2.19. The number of amides is 1. The van der Waals surface area contributed by atoms with Gasteiger partial charge in [-0.1, -0.05) is 12.1 Å². The Morgan fingerprint density at radius 1 is 1.33 bits per heavy atom. The second kappa shape index (κ2) is 7.59. The highest BCUT2D eigenvalue weighted by Gasteiger charge is 2.32. The van der Waals surface area contributed by atoms with E-state index in [0.29, 0.717) is 24.6 Å². The van der Waals surface area contributed by atoms with Gasteiger partial charge in [0.1, 0.15) is 23.2 Å². The van der Waals surface area contributed by atoms with E-state index in [2.05, 4.69) is 15.3 Å². The summed E-state index contributed by atoms with van der Waals surface area (Å²) in [7, 11) is -3.05. The molecule has 9 heteroatoms. The van der Waals surface area contributed by atoms with Crippen molar-refractivity contribution in [2.75, 3.05) is 28.3 Å². The summed E-state index contributed by atoms with van der Waals surface area (Å²) in [5.41, 5.74) is 0.162. The van der Waals surface area contributed by atoms with E-state index in [1.54, 1.807) is 13.0 Å². The molecule has 7 nitrogen and oxygen atoms in total. The number of aromatic nitrogens is 2. The third-order valence-corrected chi connectivity index (χ3v) is 6.21. The number of nitrogens with one attached hydrogen (secondary N) is 1. The van der Waals surface area contributed by atoms with Crippen LogP contribution in [0.25, 0.3) is 0 Å². The molecule has 1 unspecified atom stereocenters. The van der Waals surface area contributed by atoms with E-state index in [1.807, 2.05) is 11.8 Å².